The largest absolute Gasteiger partial charge is 0.375 e. The van der Waals surface area contributed by atoms with Crippen molar-refractivity contribution < 1.29 is 13.2 Å². The van der Waals surface area contributed by atoms with Crippen molar-refractivity contribution in [3.05, 3.63) is 18.3 Å². The molecule has 0 radical (unpaired) electrons. The molecule has 1 aromatic rings. The number of nitrogens with two attached hydrogens (primary N) is 1. The molecule has 0 spiro atoms. The minimum Gasteiger partial charge on any atom is -0.375 e. The first-order chi connectivity index (χ1) is 8.95. The molecular weight excluding hydrogens is 268 g/mol. The molecule has 1 aliphatic heterocycles. The quantitative estimate of drug-likeness (QED) is 0.607. The van der Waals surface area contributed by atoms with Gasteiger partial charge >= 0.3 is 0 Å². The summed E-state index contributed by atoms with van der Waals surface area (Å²) in [4.78, 5) is 4.08. The van der Waals surface area contributed by atoms with Crippen LogP contribution in [0.1, 0.15) is 13.8 Å². The van der Waals surface area contributed by atoms with E-state index >= 15 is 0 Å². The van der Waals surface area contributed by atoms with E-state index in [0.717, 1.165) is 0 Å². The number of hydrogen-bond acceptors (Lipinski definition) is 6. The number of anilines is 1. The maximum absolute atomic E-state index is 12.6. The first kappa shape index (κ1) is 14.2. The van der Waals surface area contributed by atoms with Crippen molar-refractivity contribution in [3.63, 3.8) is 0 Å². The summed E-state index contributed by atoms with van der Waals surface area (Å²) >= 11 is 0. The second kappa shape index (κ2) is 5.41. The Morgan fingerprint density at radius 1 is 1.53 bits per heavy atom. The molecule has 2 rings (SSSR count). The molecule has 0 aromatic carbocycles. The number of pyridine rings is 1. The highest BCUT2D eigenvalue weighted by Gasteiger charge is 2.34. The number of hydrogen-bond donors (Lipinski definition) is 2. The van der Waals surface area contributed by atoms with Crippen molar-refractivity contribution >= 4 is 15.8 Å². The lowest BCUT2D eigenvalue weighted by Crippen LogP contribution is -2.50. The van der Waals surface area contributed by atoms with Gasteiger partial charge in [-0.3, -0.25) is 0 Å². The van der Waals surface area contributed by atoms with Crippen molar-refractivity contribution in [2.45, 2.75) is 30.9 Å². The van der Waals surface area contributed by atoms with Gasteiger partial charge in [0.2, 0.25) is 10.0 Å². The molecule has 2 unspecified atom stereocenters. The van der Waals surface area contributed by atoms with Crippen LogP contribution in [0.2, 0.25) is 0 Å². The molecule has 19 heavy (non-hydrogen) atoms. The molecule has 0 bridgehead atoms. The van der Waals surface area contributed by atoms with E-state index in [0.29, 0.717) is 19.0 Å². The molecule has 1 saturated heterocycles. The van der Waals surface area contributed by atoms with Crippen LogP contribution in [0.4, 0.5) is 5.82 Å². The van der Waals surface area contributed by atoms with Crippen molar-refractivity contribution in [3.8, 4) is 0 Å². The minimum absolute atomic E-state index is 0.111. The normalized spacial score (nSPS) is 25.2. The summed E-state index contributed by atoms with van der Waals surface area (Å²) in [7, 11) is -3.56. The molecule has 2 atom stereocenters. The maximum Gasteiger partial charge on any atom is 0.243 e. The Morgan fingerprint density at radius 3 is 2.95 bits per heavy atom. The fraction of sp³-hybridized carbons (Fsp3) is 0.545. The van der Waals surface area contributed by atoms with Gasteiger partial charge in [0.15, 0.2) is 0 Å². The Morgan fingerprint density at radius 2 is 2.26 bits per heavy atom. The van der Waals surface area contributed by atoms with Crippen LogP contribution in [-0.4, -0.2) is 43.0 Å². The van der Waals surface area contributed by atoms with Crippen molar-refractivity contribution in [1.82, 2.24) is 9.29 Å². The first-order valence-corrected chi connectivity index (χ1v) is 7.45. The van der Waals surface area contributed by atoms with Crippen LogP contribution in [0.15, 0.2) is 23.2 Å². The standard InChI is InChI=1S/C11H18N4O3S/c1-8-7-18-9(2)6-15(8)19(16,17)10-3-4-13-11(5-10)14-12/h3-5,8-9H,6-7,12H2,1-2H3,(H,13,14). The van der Waals surface area contributed by atoms with E-state index in [9.17, 15) is 8.42 Å². The average Bonchev–Trinajstić information content (AvgIpc) is 2.41. The van der Waals surface area contributed by atoms with Crippen LogP contribution in [0, 0.1) is 0 Å². The summed E-state index contributed by atoms with van der Waals surface area (Å²) in [5.74, 6) is 5.56. The highest BCUT2D eigenvalue weighted by Crippen LogP contribution is 2.23. The number of sulfonamides is 1. The molecule has 2 heterocycles. The number of hydrazine groups is 1. The summed E-state index contributed by atoms with van der Waals surface area (Å²) in [6.07, 6.45) is 1.30. The van der Waals surface area contributed by atoms with Gasteiger partial charge in [0.05, 0.1) is 17.6 Å². The number of nitrogen functional groups attached to an aromatic ring is 1. The minimum atomic E-state index is -3.56. The molecule has 1 aliphatic rings. The number of rotatable bonds is 3. The molecule has 7 nitrogen and oxygen atoms in total. The van der Waals surface area contributed by atoms with Gasteiger partial charge in [-0.1, -0.05) is 0 Å². The van der Waals surface area contributed by atoms with Crippen LogP contribution < -0.4 is 11.3 Å². The molecule has 0 aliphatic carbocycles. The SMILES string of the molecule is CC1CN(S(=O)(=O)c2ccnc(NN)c2)C(C)CO1. The summed E-state index contributed by atoms with van der Waals surface area (Å²) < 4.78 is 32.1. The van der Waals surface area contributed by atoms with Crippen molar-refractivity contribution in [2.24, 2.45) is 5.84 Å². The Labute approximate surface area is 112 Å². The topological polar surface area (TPSA) is 97.6 Å². The Balaban J connectivity index is 2.35. The number of ether oxygens (including phenoxy) is 1. The zero-order valence-corrected chi connectivity index (χ0v) is 11.7. The third-order valence-corrected chi connectivity index (χ3v) is 5.01. The Hall–Kier alpha value is -1.22. The van der Waals surface area contributed by atoms with Crippen LogP contribution in [0.5, 0.6) is 0 Å². The van der Waals surface area contributed by atoms with E-state index in [2.05, 4.69) is 10.4 Å². The lowest BCUT2D eigenvalue weighted by atomic mass is 10.2. The Kier molecular flexibility index (Phi) is 4.04. The first-order valence-electron chi connectivity index (χ1n) is 6.01. The molecule has 0 saturated carbocycles. The predicted octanol–water partition coefficient (Wildman–Crippen LogP) is 0.165. The van der Waals surface area contributed by atoms with Crippen LogP contribution >= 0.6 is 0 Å². The van der Waals surface area contributed by atoms with Gasteiger partial charge in [-0.25, -0.2) is 19.2 Å². The van der Waals surface area contributed by atoms with Gasteiger partial charge in [-0.15, -0.1) is 0 Å². The van der Waals surface area contributed by atoms with Gasteiger partial charge in [-0.2, -0.15) is 4.31 Å². The molecule has 106 valence electrons. The molecule has 1 fully saturated rings. The fourth-order valence-electron chi connectivity index (χ4n) is 1.99. The number of nitrogens with one attached hydrogen (secondary N) is 1. The van der Waals surface area contributed by atoms with Crippen LogP contribution in [0.25, 0.3) is 0 Å². The summed E-state index contributed by atoms with van der Waals surface area (Å²) in [6, 6.07) is 2.69. The summed E-state index contributed by atoms with van der Waals surface area (Å²) in [5, 5.41) is 0. The number of nitrogens with zero attached hydrogens (tertiary/aromatic N) is 2. The summed E-state index contributed by atoms with van der Waals surface area (Å²) in [6.45, 7) is 4.42. The number of aromatic nitrogens is 1. The van der Waals surface area contributed by atoms with E-state index in [4.69, 9.17) is 10.6 Å². The fourth-order valence-corrected chi connectivity index (χ4v) is 3.70. The zero-order chi connectivity index (χ0) is 14.0. The second-order valence-corrected chi connectivity index (χ2v) is 6.48. The van der Waals surface area contributed by atoms with Gasteiger partial charge in [-0.05, 0) is 19.9 Å². The molecule has 8 heteroatoms. The lowest BCUT2D eigenvalue weighted by Gasteiger charge is -2.35. The van der Waals surface area contributed by atoms with Gasteiger partial charge < -0.3 is 10.2 Å². The van der Waals surface area contributed by atoms with Crippen LogP contribution in [0.3, 0.4) is 0 Å². The van der Waals surface area contributed by atoms with Crippen molar-refractivity contribution in [2.75, 3.05) is 18.6 Å². The second-order valence-electron chi connectivity index (χ2n) is 4.59. The van der Waals surface area contributed by atoms with Crippen molar-refractivity contribution in [1.29, 1.82) is 0 Å². The average molecular weight is 286 g/mol. The van der Waals surface area contributed by atoms with E-state index < -0.39 is 10.0 Å². The summed E-state index contributed by atoms with van der Waals surface area (Å²) in [5.41, 5.74) is 2.34. The van der Waals surface area contributed by atoms with Gasteiger partial charge in [0, 0.05) is 24.8 Å². The maximum atomic E-state index is 12.6. The van der Waals surface area contributed by atoms with E-state index in [1.165, 1.54) is 22.6 Å². The molecule has 0 amide bonds. The van der Waals surface area contributed by atoms with E-state index in [-0.39, 0.29) is 17.0 Å². The highest BCUT2D eigenvalue weighted by molar-refractivity contribution is 7.89. The van der Waals surface area contributed by atoms with Gasteiger partial charge in [0.25, 0.3) is 0 Å². The molecular formula is C11H18N4O3S. The monoisotopic (exact) mass is 286 g/mol. The lowest BCUT2D eigenvalue weighted by molar-refractivity contribution is -0.0170. The highest BCUT2D eigenvalue weighted by atomic mass is 32.2. The van der Waals surface area contributed by atoms with Gasteiger partial charge in [0.1, 0.15) is 5.82 Å². The predicted molar refractivity (Wildman–Crippen MR) is 70.8 cm³/mol. The zero-order valence-electron chi connectivity index (χ0n) is 10.9. The third-order valence-electron chi connectivity index (χ3n) is 3.04. The third kappa shape index (κ3) is 2.86. The van der Waals surface area contributed by atoms with E-state index in [1.807, 2.05) is 13.8 Å². The molecule has 3 N–H and O–H groups in total. The number of morpholine rings is 1. The van der Waals surface area contributed by atoms with E-state index in [1.54, 1.807) is 0 Å². The van der Waals surface area contributed by atoms with Crippen LogP contribution in [-0.2, 0) is 14.8 Å². The Bertz CT molecular complexity index is 549. The molecule has 1 aromatic heterocycles. The smallest absolute Gasteiger partial charge is 0.243 e.